The molecule has 2 aromatic heterocycles. The van der Waals surface area contributed by atoms with Crippen molar-refractivity contribution in [3.63, 3.8) is 0 Å². The number of unbranched alkanes of at least 4 members (excludes halogenated alkanes) is 3. The topological polar surface area (TPSA) is 376 Å². The number of Topliss-reactive ketones (excluding diaryl/α,β-unsaturated/α-hetero) is 4. The maximum Gasteiger partial charge on any atom is 0.347 e. The fourth-order valence-electron chi connectivity index (χ4n) is 7.62. The van der Waals surface area contributed by atoms with Crippen molar-refractivity contribution in [2.75, 3.05) is 38.5 Å². The van der Waals surface area contributed by atoms with Gasteiger partial charge in [-0.15, -0.1) is 0 Å². The van der Waals surface area contributed by atoms with E-state index in [0.717, 1.165) is 17.0 Å². The summed E-state index contributed by atoms with van der Waals surface area (Å²) in [5.74, 6) is 5.32. The molecular weight excluding hydrogens is 949 g/mol. The number of anilines is 1. The van der Waals surface area contributed by atoms with Crippen molar-refractivity contribution in [3.8, 4) is 0 Å². The summed E-state index contributed by atoms with van der Waals surface area (Å²) in [6.07, 6.45) is 11.2. The summed E-state index contributed by atoms with van der Waals surface area (Å²) in [6, 6.07) is 5.63. The molecule has 24 nitrogen and oxygen atoms in total. The minimum atomic E-state index is -1.16. The Labute approximate surface area is 424 Å². The molecule has 24 heteroatoms. The van der Waals surface area contributed by atoms with E-state index in [-0.39, 0.29) is 132 Å². The maximum absolute atomic E-state index is 13.5. The average molecular weight is 1020 g/mol. The Balaban J connectivity index is 1.38. The highest BCUT2D eigenvalue weighted by Gasteiger charge is 2.27. The number of rotatable bonds is 40. The number of H-pyrrole nitrogens is 2. The molecule has 3 aromatic rings. The molecule has 0 aliphatic heterocycles. The molecule has 0 radical (unpaired) electrons. The van der Waals surface area contributed by atoms with E-state index in [1.54, 1.807) is 49.3 Å². The predicted molar refractivity (Wildman–Crippen MR) is 264 cm³/mol. The second-order valence-electron chi connectivity index (χ2n) is 17.8. The Morgan fingerprint density at radius 3 is 1.75 bits per heavy atom. The van der Waals surface area contributed by atoms with E-state index in [1.165, 1.54) is 4.90 Å². The van der Waals surface area contributed by atoms with Gasteiger partial charge in [0.05, 0.1) is 38.2 Å². The molecule has 3 rings (SSSR count). The molecule has 400 valence electrons. The second kappa shape index (κ2) is 35.0. The third kappa shape index (κ3) is 27.3. The number of nitrogens with zero attached hydrogens (tertiary/aromatic N) is 3. The SMILES string of the molecule is NOC(=O)C(CCCCCC(=O)CNC(=O)CCC(=O)CCCc1cnc[nH]1)CC(=O)CN(CC(=O)NC(CCCCNC(=O)CCC(=O)CCC(=O)NCCc1cnc[nH]1)C(=O)ON)Cc1ccc(N)cc1. The van der Waals surface area contributed by atoms with Crippen LogP contribution in [0.1, 0.15) is 126 Å². The first-order valence-electron chi connectivity index (χ1n) is 24.6. The molecule has 73 heavy (non-hydrogen) atoms. The van der Waals surface area contributed by atoms with E-state index in [2.05, 4.69) is 50.9 Å². The van der Waals surface area contributed by atoms with Crippen LogP contribution in [0.4, 0.5) is 5.69 Å². The van der Waals surface area contributed by atoms with Crippen LogP contribution in [0.3, 0.4) is 0 Å². The summed E-state index contributed by atoms with van der Waals surface area (Å²) >= 11 is 0. The third-order valence-corrected chi connectivity index (χ3v) is 11.7. The highest BCUT2D eigenvalue weighted by atomic mass is 16.7. The molecule has 0 bridgehead atoms. The summed E-state index contributed by atoms with van der Waals surface area (Å²) in [6.45, 7) is -0.0414. The van der Waals surface area contributed by atoms with Crippen molar-refractivity contribution in [2.24, 2.45) is 17.7 Å². The lowest BCUT2D eigenvalue weighted by Gasteiger charge is -2.24. The van der Waals surface area contributed by atoms with E-state index in [0.29, 0.717) is 70.0 Å². The molecule has 2 atom stereocenters. The van der Waals surface area contributed by atoms with Gasteiger partial charge in [0.25, 0.3) is 0 Å². The van der Waals surface area contributed by atoms with Gasteiger partial charge in [0.1, 0.15) is 23.4 Å². The molecule has 12 N–H and O–H groups in total. The number of aryl methyl sites for hydroxylation is 1. The van der Waals surface area contributed by atoms with E-state index in [4.69, 9.17) is 17.5 Å². The predicted octanol–water partition coefficient (Wildman–Crippen LogP) is 1.19. The van der Waals surface area contributed by atoms with Crippen LogP contribution in [0, 0.1) is 5.92 Å². The number of nitrogens with one attached hydrogen (secondary N) is 6. The first-order valence-corrected chi connectivity index (χ1v) is 24.6. The molecule has 2 unspecified atom stereocenters. The Bertz CT molecular complexity index is 2070. The van der Waals surface area contributed by atoms with Crippen LogP contribution < -0.4 is 38.8 Å². The molecule has 0 aliphatic carbocycles. The quantitative estimate of drug-likeness (QED) is 0.0219. The van der Waals surface area contributed by atoms with Crippen molar-refractivity contribution < 1.29 is 57.6 Å². The van der Waals surface area contributed by atoms with Gasteiger partial charge in [-0.2, -0.15) is 11.8 Å². The molecule has 0 saturated heterocycles. The Kier molecular flexibility index (Phi) is 28.8. The zero-order valence-electron chi connectivity index (χ0n) is 41.4. The highest BCUT2D eigenvalue weighted by molar-refractivity contribution is 5.90. The zero-order chi connectivity index (χ0) is 53.2. The van der Waals surface area contributed by atoms with Gasteiger partial charge in [-0.05, 0) is 62.6 Å². The molecule has 2 heterocycles. The van der Waals surface area contributed by atoms with Crippen LogP contribution in [0.5, 0.6) is 0 Å². The first-order chi connectivity index (χ1) is 35.1. The maximum atomic E-state index is 13.5. The van der Waals surface area contributed by atoms with Crippen LogP contribution in [0.2, 0.25) is 0 Å². The zero-order valence-corrected chi connectivity index (χ0v) is 41.4. The highest BCUT2D eigenvalue weighted by Crippen LogP contribution is 2.18. The van der Waals surface area contributed by atoms with Gasteiger partial charge in [0.15, 0.2) is 5.78 Å². The molecule has 0 fully saturated rings. The van der Waals surface area contributed by atoms with Crippen molar-refractivity contribution in [2.45, 2.75) is 135 Å². The van der Waals surface area contributed by atoms with E-state index < -0.39 is 35.6 Å². The van der Waals surface area contributed by atoms with Crippen LogP contribution >= 0.6 is 0 Å². The lowest BCUT2D eigenvalue weighted by molar-refractivity contribution is -0.151. The smallest absolute Gasteiger partial charge is 0.347 e. The third-order valence-electron chi connectivity index (χ3n) is 11.7. The second-order valence-corrected chi connectivity index (χ2v) is 17.8. The Morgan fingerprint density at radius 1 is 0.562 bits per heavy atom. The van der Waals surface area contributed by atoms with Crippen LogP contribution in [0.25, 0.3) is 0 Å². The van der Waals surface area contributed by atoms with E-state index in [1.807, 2.05) is 0 Å². The van der Waals surface area contributed by atoms with Gasteiger partial charge in [0.2, 0.25) is 23.6 Å². The Hall–Kier alpha value is -7.18. The lowest BCUT2D eigenvalue weighted by atomic mass is 9.95. The van der Waals surface area contributed by atoms with Crippen molar-refractivity contribution >= 4 is 64.4 Å². The van der Waals surface area contributed by atoms with Crippen molar-refractivity contribution in [3.05, 3.63) is 66.3 Å². The Morgan fingerprint density at radius 2 is 1.14 bits per heavy atom. The van der Waals surface area contributed by atoms with E-state index >= 15 is 0 Å². The summed E-state index contributed by atoms with van der Waals surface area (Å²) in [5.41, 5.74) is 8.89. The minimum Gasteiger partial charge on any atom is -0.399 e. The molecular formula is C49H72N12O12. The normalized spacial score (nSPS) is 11.8. The van der Waals surface area contributed by atoms with Gasteiger partial charge in [0, 0.05) is 113 Å². The monoisotopic (exact) mass is 1020 g/mol. The number of carbonyl (C=O) groups excluding carboxylic acids is 10. The number of aromatic amines is 2. The summed E-state index contributed by atoms with van der Waals surface area (Å²) in [7, 11) is 0. The van der Waals surface area contributed by atoms with Gasteiger partial charge in [-0.3, -0.25) is 48.1 Å². The largest absolute Gasteiger partial charge is 0.399 e. The van der Waals surface area contributed by atoms with Crippen molar-refractivity contribution in [1.82, 2.24) is 46.1 Å². The van der Waals surface area contributed by atoms with Crippen molar-refractivity contribution in [1.29, 1.82) is 0 Å². The molecule has 0 saturated carbocycles. The fourth-order valence-corrected chi connectivity index (χ4v) is 7.62. The molecule has 0 aliphatic rings. The van der Waals surface area contributed by atoms with E-state index in [9.17, 15) is 47.9 Å². The number of nitrogens with two attached hydrogens (primary N) is 3. The fraction of sp³-hybridized carbons (Fsp3) is 0.551. The molecule has 1 aromatic carbocycles. The van der Waals surface area contributed by atoms with Crippen LogP contribution in [0.15, 0.2) is 49.3 Å². The number of hydrogen-bond acceptors (Lipinski definition) is 18. The van der Waals surface area contributed by atoms with Gasteiger partial charge < -0.3 is 46.6 Å². The molecule has 4 amide bonds. The van der Waals surface area contributed by atoms with Gasteiger partial charge in [-0.1, -0.05) is 25.0 Å². The number of amides is 4. The number of aromatic nitrogens is 4. The first kappa shape index (κ1) is 60.1. The van der Waals surface area contributed by atoms with Gasteiger partial charge >= 0.3 is 11.9 Å². The number of carbonyl (C=O) groups is 10. The number of imidazole rings is 2. The van der Waals surface area contributed by atoms with Crippen LogP contribution in [-0.4, -0.2) is 122 Å². The molecule has 0 spiro atoms. The lowest BCUT2D eigenvalue weighted by Crippen LogP contribution is -2.47. The minimum absolute atomic E-state index is 0.00677. The number of hydrogen-bond donors (Lipinski definition) is 9. The summed E-state index contributed by atoms with van der Waals surface area (Å²) in [5, 5.41) is 10.6. The average Bonchev–Trinajstić information content (AvgIpc) is 4.11. The number of nitrogen functional groups attached to an aromatic ring is 1. The standard InChI is InChI=1S/C49H72N12O12/c50-36-14-12-34(13-15-36)29-61(30-42(65)25-35(48(70)72-51)7-2-1-3-9-41(64)28-57-46(68)21-16-39(62)10-6-8-37-26-53-32-58-37)31-47(69)60-43(49(71)73-52)11-4-5-23-55-44(66)19-17-40(63)18-20-45(67)56-24-22-38-27-54-33-59-38/h12-15,26-27,32-33,35,43H,1-11,16-25,28-31,50-52H2,(H,53,58)(H,54,59)(H,55,66)(H,56,67)(H,57,68)(H,60,69). The van der Waals surface area contributed by atoms with Crippen LogP contribution in [-0.2, 0) is 77.0 Å². The summed E-state index contributed by atoms with van der Waals surface area (Å²) < 4.78 is 0. The number of benzene rings is 1. The van der Waals surface area contributed by atoms with Gasteiger partial charge in [-0.25, -0.2) is 14.8 Å². The number of ketones is 4. The summed E-state index contributed by atoms with van der Waals surface area (Å²) in [4.78, 5) is 150.